The molecule has 1 aliphatic rings. The maximum Gasteiger partial charge on any atom is 0.357 e. The Bertz CT molecular complexity index is 391. The first-order valence-electron chi connectivity index (χ1n) is 5.69. The third kappa shape index (κ3) is 3.17. The average molecular weight is 236 g/mol. The van der Waals surface area contributed by atoms with E-state index in [4.69, 9.17) is 15.2 Å². The molecule has 1 fully saturated rings. The molecule has 1 saturated heterocycles. The van der Waals surface area contributed by atoms with Crippen LogP contribution in [-0.4, -0.2) is 29.8 Å². The number of aromatic nitrogens is 1. The maximum absolute atomic E-state index is 11.6. The zero-order valence-corrected chi connectivity index (χ0v) is 9.76. The van der Waals surface area contributed by atoms with Crippen LogP contribution in [0.2, 0.25) is 0 Å². The lowest BCUT2D eigenvalue weighted by Crippen LogP contribution is -2.19. The summed E-state index contributed by atoms with van der Waals surface area (Å²) in [5.41, 5.74) is 6.27. The van der Waals surface area contributed by atoms with Crippen LogP contribution in [-0.2, 0) is 9.47 Å². The van der Waals surface area contributed by atoms with Crippen molar-refractivity contribution >= 4 is 11.7 Å². The van der Waals surface area contributed by atoms with E-state index in [0.717, 1.165) is 12.8 Å². The Morgan fingerprint density at radius 1 is 1.59 bits per heavy atom. The minimum Gasteiger partial charge on any atom is -0.458 e. The Morgan fingerprint density at radius 3 is 3.00 bits per heavy atom. The molecule has 2 N–H and O–H groups in total. The minimum absolute atomic E-state index is 0.0164. The number of esters is 1. The maximum atomic E-state index is 11.6. The van der Waals surface area contributed by atoms with Gasteiger partial charge in [0.05, 0.1) is 24.1 Å². The number of ether oxygens (including phenoxy) is 2. The Balaban J connectivity index is 1.83. The first kappa shape index (κ1) is 11.9. The molecule has 0 aromatic carbocycles. The fourth-order valence-corrected chi connectivity index (χ4v) is 1.78. The van der Waals surface area contributed by atoms with E-state index in [2.05, 4.69) is 4.98 Å². The summed E-state index contributed by atoms with van der Waals surface area (Å²) < 4.78 is 10.7. The number of pyridine rings is 1. The van der Waals surface area contributed by atoms with Gasteiger partial charge in [-0.25, -0.2) is 9.78 Å². The molecular formula is C12H16N2O3. The zero-order chi connectivity index (χ0) is 12.3. The molecule has 0 amide bonds. The van der Waals surface area contributed by atoms with Crippen molar-refractivity contribution in [2.75, 3.05) is 12.3 Å². The number of carbonyl (C=O) groups is 1. The average Bonchev–Trinajstić information content (AvgIpc) is 2.73. The monoisotopic (exact) mass is 236 g/mol. The van der Waals surface area contributed by atoms with Crippen LogP contribution in [0.3, 0.4) is 0 Å². The van der Waals surface area contributed by atoms with Gasteiger partial charge in [0, 0.05) is 0 Å². The normalized spacial score (nSPS) is 23.6. The lowest BCUT2D eigenvalue weighted by Gasteiger charge is -2.11. The van der Waals surface area contributed by atoms with Crippen molar-refractivity contribution < 1.29 is 14.3 Å². The van der Waals surface area contributed by atoms with Gasteiger partial charge in [-0.2, -0.15) is 0 Å². The van der Waals surface area contributed by atoms with Crippen LogP contribution in [0.25, 0.3) is 0 Å². The van der Waals surface area contributed by atoms with Crippen LogP contribution in [0.5, 0.6) is 0 Å². The molecular weight excluding hydrogens is 220 g/mol. The van der Waals surface area contributed by atoms with Gasteiger partial charge in [0.15, 0.2) is 0 Å². The standard InChI is InChI=1S/C12H16N2O3/c1-8-2-4-10(17-8)7-16-12(15)11-5-3-9(13)6-14-11/h3,5-6,8,10H,2,4,7,13H2,1H3. The van der Waals surface area contributed by atoms with Crippen molar-refractivity contribution in [3.8, 4) is 0 Å². The van der Waals surface area contributed by atoms with Crippen molar-refractivity contribution in [3.05, 3.63) is 24.0 Å². The van der Waals surface area contributed by atoms with Crippen molar-refractivity contribution in [1.29, 1.82) is 0 Å². The lowest BCUT2D eigenvalue weighted by atomic mass is 10.2. The van der Waals surface area contributed by atoms with E-state index in [1.165, 1.54) is 6.20 Å². The molecule has 92 valence electrons. The molecule has 0 aliphatic carbocycles. The molecule has 5 heteroatoms. The predicted octanol–water partition coefficient (Wildman–Crippen LogP) is 1.39. The van der Waals surface area contributed by atoms with Crippen LogP contribution in [0, 0.1) is 0 Å². The highest BCUT2D eigenvalue weighted by molar-refractivity contribution is 5.87. The molecule has 0 bridgehead atoms. The van der Waals surface area contributed by atoms with Gasteiger partial charge in [-0.05, 0) is 31.9 Å². The molecule has 2 heterocycles. The number of nitrogens with two attached hydrogens (primary N) is 1. The molecule has 5 nitrogen and oxygen atoms in total. The largest absolute Gasteiger partial charge is 0.458 e. The minimum atomic E-state index is -0.437. The highest BCUT2D eigenvalue weighted by Gasteiger charge is 2.23. The third-order valence-corrected chi connectivity index (χ3v) is 2.72. The number of hydrogen-bond acceptors (Lipinski definition) is 5. The summed E-state index contributed by atoms with van der Waals surface area (Å²) in [7, 11) is 0. The fourth-order valence-electron chi connectivity index (χ4n) is 1.78. The van der Waals surface area contributed by atoms with Crippen LogP contribution in [0.4, 0.5) is 5.69 Å². The second-order valence-corrected chi connectivity index (χ2v) is 4.22. The van der Waals surface area contributed by atoms with Gasteiger partial charge in [0.25, 0.3) is 0 Å². The van der Waals surface area contributed by atoms with Crippen LogP contribution in [0.1, 0.15) is 30.3 Å². The van der Waals surface area contributed by atoms with E-state index in [1.807, 2.05) is 6.92 Å². The van der Waals surface area contributed by atoms with Gasteiger partial charge in [0.1, 0.15) is 12.3 Å². The highest BCUT2D eigenvalue weighted by atomic mass is 16.6. The molecule has 2 rings (SSSR count). The fraction of sp³-hybridized carbons (Fsp3) is 0.500. The van der Waals surface area contributed by atoms with Gasteiger partial charge in [-0.3, -0.25) is 0 Å². The van der Waals surface area contributed by atoms with Crippen molar-refractivity contribution in [1.82, 2.24) is 4.98 Å². The van der Waals surface area contributed by atoms with Crippen LogP contribution in [0.15, 0.2) is 18.3 Å². The number of anilines is 1. The third-order valence-electron chi connectivity index (χ3n) is 2.72. The molecule has 2 atom stereocenters. The quantitative estimate of drug-likeness (QED) is 0.803. The van der Waals surface area contributed by atoms with Crippen LogP contribution >= 0.6 is 0 Å². The molecule has 17 heavy (non-hydrogen) atoms. The number of nitrogen functional groups attached to an aromatic ring is 1. The first-order chi connectivity index (χ1) is 8.15. The van der Waals surface area contributed by atoms with Crippen molar-refractivity contribution in [2.24, 2.45) is 0 Å². The highest BCUT2D eigenvalue weighted by Crippen LogP contribution is 2.19. The summed E-state index contributed by atoms with van der Waals surface area (Å²) in [6, 6.07) is 3.17. The summed E-state index contributed by atoms with van der Waals surface area (Å²) in [6.07, 6.45) is 3.66. The molecule has 1 aliphatic heterocycles. The summed E-state index contributed by atoms with van der Waals surface area (Å²) in [6.45, 7) is 2.30. The Labute approximate surface area is 99.9 Å². The molecule has 1 aromatic rings. The van der Waals surface area contributed by atoms with Crippen LogP contribution < -0.4 is 5.73 Å². The Hall–Kier alpha value is -1.62. The molecule has 1 aromatic heterocycles. The summed E-state index contributed by atoms with van der Waals surface area (Å²) in [5.74, 6) is -0.437. The summed E-state index contributed by atoms with van der Waals surface area (Å²) >= 11 is 0. The molecule has 2 unspecified atom stereocenters. The smallest absolute Gasteiger partial charge is 0.357 e. The van der Waals surface area contributed by atoms with Gasteiger partial charge in [-0.15, -0.1) is 0 Å². The van der Waals surface area contributed by atoms with E-state index in [1.54, 1.807) is 12.1 Å². The van der Waals surface area contributed by atoms with Gasteiger partial charge in [-0.1, -0.05) is 0 Å². The summed E-state index contributed by atoms with van der Waals surface area (Å²) in [4.78, 5) is 15.5. The molecule has 0 spiro atoms. The number of carbonyl (C=O) groups excluding carboxylic acids is 1. The Kier molecular flexibility index (Phi) is 3.58. The predicted molar refractivity (Wildman–Crippen MR) is 62.5 cm³/mol. The van der Waals surface area contributed by atoms with E-state index < -0.39 is 5.97 Å². The first-order valence-corrected chi connectivity index (χ1v) is 5.69. The molecule has 0 saturated carbocycles. The van der Waals surface area contributed by atoms with E-state index in [0.29, 0.717) is 5.69 Å². The van der Waals surface area contributed by atoms with E-state index >= 15 is 0 Å². The van der Waals surface area contributed by atoms with Crippen molar-refractivity contribution in [2.45, 2.75) is 32.0 Å². The molecule has 0 radical (unpaired) electrons. The van der Waals surface area contributed by atoms with E-state index in [-0.39, 0.29) is 24.5 Å². The second kappa shape index (κ2) is 5.14. The van der Waals surface area contributed by atoms with Gasteiger partial charge in [0.2, 0.25) is 0 Å². The number of nitrogens with zero attached hydrogens (tertiary/aromatic N) is 1. The summed E-state index contributed by atoms with van der Waals surface area (Å²) in [5, 5.41) is 0. The number of hydrogen-bond donors (Lipinski definition) is 1. The number of rotatable bonds is 3. The SMILES string of the molecule is CC1CCC(COC(=O)c2ccc(N)cn2)O1. The lowest BCUT2D eigenvalue weighted by molar-refractivity contribution is -0.00298. The second-order valence-electron chi connectivity index (χ2n) is 4.22. The zero-order valence-electron chi connectivity index (χ0n) is 9.76. The Morgan fingerprint density at radius 2 is 2.41 bits per heavy atom. The topological polar surface area (TPSA) is 74.4 Å². The van der Waals surface area contributed by atoms with Gasteiger partial charge >= 0.3 is 5.97 Å². The van der Waals surface area contributed by atoms with E-state index in [9.17, 15) is 4.79 Å². The van der Waals surface area contributed by atoms with Gasteiger partial charge < -0.3 is 15.2 Å². The van der Waals surface area contributed by atoms with Crippen molar-refractivity contribution in [3.63, 3.8) is 0 Å².